The molecule has 5 aromatic rings. The summed E-state index contributed by atoms with van der Waals surface area (Å²) in [6.07, 6.45) is 1.78. The number of nitrogens with one attached hydrogen (secondary N) is 2. The van der Waals surface area contributed by atoms with E-state index in [4.69, 9.17) is 9.15 Å². The molecule has 1 amide bonds. The largest absolute Gasteiger partial charge is 0.548 e. The number of carboxylic acid groups (broad SMARTS) is 1. The number of rotatable bonds is 7. The number of carbonyl (C=O) groups is 2. The summed E-state index contributed by atoms with van der Waals surface area (Å²) >= 11 is 0. The Morgan fingerprint density at radius 1 is 1.00 bits per heavy atom. The SMILES string of the molecule is Cc1c(OCC(=O)N[C@@H](Cc2c[nH]c3ccccc23)C(=O)[O-])ccc2c1oc(=O)c1ccccc12. The fourth-order valence-electron chi connectivity index (χ4n) is 4.31. The number of hydrogen-bond acceptors (Lipinski definition) is 6. The lowest BCUT2D eigenvalue weighted by atomic mass is 10.0. The van der Waals surface area contributed by atoms with E-state index in [1.54, 1.807) is 37.4 Å². The van der Waals surface area contributed by atoms with Crippen LogP contribution in [0.4, 0.5) is 0 Å². The molecule has 0 bridgehead atoms. The van der Waals surface area contributed by atoms with Crippen molar-refractivity contribution in [2.24, 2.45) is 0 Å². The molecule has 0 saturated heterocycles. The molecule has 2 aromatic heterocycles. The van der Waals surface area contributed by atoms with Gasteiger partial charge in [0.1, 0.15) is 11.3 Å². The van der Waals surface area contributed by atoms with Crippen LogP contribution in [-0.4, -0.2) is 29.5 Å². The van der Waals surface area contributed by atoms with Gasteiger partial charge >= 0.3 is 5.63 Å². The maximum atomic E-state index is 12.5. The average molecular weight is 469 g/mol. The zero-order valence-electron chi connectivity index (χ0n) is 18.8. The third kappa shape index (κ3) is 4.21. The number of aryl methyl sites for hydroxylation is 1. The first kappa shape index (κ1) is 22.2. The van der Waals surface area contributed by atoms with Gasteiger partial charge in [-0.05, 0) is 42.1 Å². The Morgan fingerprint density at radius 3 is 2.49 bits per heavy atom. The molecular formula is C27H21N2O6-. The van der Waals surface area contributed by atoms with E-state index in [1.807, 2.05) is 36.4 Å². The number of ether oxygens (including phenoxy) is 1. The lowest BCUT2D eigenvalue weighted by Crippen LogP contribution is -2.50. The van der Waals surface area contributed by atoms with Crippen molar-refractivity contribution in [2.45, 2.75) is 19.4 Å². The Bertz CT molecular complexity index is 1650. The highest BCUT2D eigenvalue weighted by molar-refractivity contribution is 6.05. The van der Waals surface area contributed by atoms with E-state index in [-0.39, 0.29) is 6.42 Å². The van der Waals surface area contributed by atoms with Crippen LogP contribution in [0.15, 0.2) is 76.1 Å². The van der Waals surface area contributed by atoms with E-state index in [0.29, 0.717) is 22.3 Å². The standard InChI is InChI=1S/C27H22N2O6/c1-15-23(11-10-19-18-7-2-3-8-20(18)27(33)35-25(15)19)34-14-24(30)29-22(26(31)32)12-16-13-28-21-9-5-4-6-17(16)21/h2-11,13,22,28H,12,14H2,1H3,(H,29,30)(H,31,32)/p-1/t22-/m0/s1. The molecule has 2 heterocycles. The second kappa shape index (κ2) is 8.98. The van der Waals surface area contributed by atoms with E-state index in [0.717, 1.165) is 27.2 Å². The summed E-state index contributed by atoms with van der Waals surface area (Å²) in [6, 6.07) is 16.9. The average Bonchev–Trinajstić information content (AvgIpc) is 3.26. The van der Waals surface area contributed by atoms with E-state index in [9.17, 15) is 19.5 Å². The van der Waals surface area contributed by atoms with Crippen molar-refractivity contribution in [2.75, 3.05) is 6.61 Å². The summed E-state index contributed by atoms with van der Waals surface area (Å²) < 4.78 is 11.2. The third-order valence-electron chi connectivity index (χ3n) is 6.07. The quantitative estimate of drug-likeness (QED) is 0.279. The Balaban J connectivity index is 1.32. The minimum absolute atomic E-state index is 0.0608. The number of benzene rings is 3. The molecule has 0 fully saturated rings. The first-order valence-corrected chi connectivity index (χ1v) is 11.1. The molecule has 0 unspecified atom stereocenters. The molecule has 35 heavy (non-hydrogen) atoms. The van der Waals surface area contributed by atoms with Gasteiger partial charge in [-0.15, -0.1) is 0 Å². The second-order valence-electron chi connectivity index (χ2n) is 8.29. The highest BCUT2D eigenvalue weighted by atomic mass is 16.5. The topological polar surface area (TPSA) is 124 Å². The van der Waals surface area contributed by atoms with Gasteiger partial charge in [0.05, 0.1) is 17.4 Å². The van der Waals surface area contributed by atoms with Crippen molar-refractivity contribution >= 4 is 44.5 Å². The molecule has 1 atom stereocenters. The molecule has 176 valence electrons. The smallest absolute Gasteiger partial charge is 0.344 e. The lowest BCUT2D eigenvalue weighted by Gasteiger charge is -2.20. The molecule has 0 aliphatic rings. The van der Waals surface area contributed by atoms with Crippen molar-refractivity contribution in [3.8, 4) is 5.75 Å². The van der Waals surface area contributed by atoms with E-state index < -0.39 is 30.2 Å². The summed E-state index contributed by atoms with van der Waals surface area (Å²) in [6.45, 7) is 1.32. The number of H-pyrrole nitrogens is 1. The number of carbonyl (C=O) groups excluding carboxylic acids is 2. The van der Waals surface area contributed by atoms with Gasteiger partial charge < -0.3 is 29.4 Å². The van der Waals surface area contributed by atoms with Crippen LogP contribution in [0.2, 0.25) is 0 Å². The first-order chi connectivity index (χ1) is 16.9. The molecule has 3 aromatic carbocycles. The molecule has 8 nitrogen and oxygen atoms in total. The number of carboxylic acids is 1. The zero-order chi connectivity index (χ0) is 24.5. The predicted molar refractivity (Wildman–Crippen MR) is 129 cm³/mol. The maximum Gasteiger partial charge on any atom is 0.344 e. The van der Waals surface area contributed by atoms with Crippen molar-refractivity contribution in [1.29, 1.82) is 0 Å². The van der Waals surface area contributed by atoms with Gasteiger partial charge in [-0.3, -0.25) is 4.79 Å². The van der Waals surface area contributed by atoms with Gasteiger partial charge in [0.2, 0.25) is 0 Å². The van der Waals surface area contributed by atoms with Gasteiger partial charge in [-0.25, -0.2) is 4.79 Å². The number of fused-ring (bicyclic) bond motifs is 4. The Labute approximate surface area is 199 Å². The van der Waals surface area contributed by atoms with E-state index in [1.165, 1.54) is 0 Å². The van der Waals surface area contributed by atoms with Gasteiger partial charge in [0.15, 0.2) is 6.61 Å². The third-order valence-corrected chi connectivity index (χ3v) is 6.07. The van der Waals surface area contributed by atoms with Crippen LogP contribution in [0.3, 0.4) is 0 Å². The van der Waals surface area contributed by atoms with Gasteiger partial charge in [-0.2, -0.15) is 0 Å². The Hall–Kier alpha value is -4.59. The van der Waals surface area contributed by atoms with E-state index >= 15 is 0 Å². The van der Waals surface area contributed by atoms with Crippen LogP contribution >= 0.6 is 0 Å². The van der Waals surface area contributed by atoms with Crippen molar-refractivity contribution in [3.05, 3.63) is 88.4 Å². The normalized spacial score (nSPS) is 12.1. The molecule has 0 radical (unpaired) electrons. The second-order valence-corrected chi connectivity index (χ2v) is 8.29. The first-order valence-electron chi connectivity index (χ1n) is 11.1. The van der Waals surface area contributed by atoms with Gasteiger partial charge in [0, 0.05) is 34.5 Å². The van der Waals surface area contributed by atoms with E-state index in [2.05, 4.69) is 10.3 Å². The number of amides is 1. The van der Waals surface area contributed by atoms with Crippen molar-refractivity contribution in [3.63, 3.8) is 0 Å². The minimum atomic E-state index is -1.39. The minimum Gasteiger partial charge on any atom is -0.548 e. The molecule has 5 rings (SSSR count). The molecule has 0 aliphatic heterocycles. The molecule has 0 spiro atoms. The lowest BCUT2D eigenvalue weighted by molar-refractivity contribution is -0.308. The molecule has 0 aliphatic carbocycles. The molecule has 2 N–H and O–H groups in total. The number of aliphatic carboxylic acids is 1. The van der Waals surface area contributed by atoms with Crippen LogP contribution in [0.1, 0.15) is 11.1 Å². The molecular weight excluding hydrogens is 448 g/mol. The van der Waals surface area contributed by atoms with Gasteiger partial charge in [-0.1, -0.05) is 36.4 Å². The highest BCUT2D eigenvalue weighted by Crippen LogP contribution is 2.30. The number of para-hydroxylation sites is 1. The summed E-state index contributed by atoms with van der Waals surface area (Å²) in [5, 5.41) is 17.0. The summed E-state index contributed by atoms with van der Waals surface area (Å²) in [7, 11) is 0. The molecule has 0 saturated carbocycles. The number of aromatic amines is 1. The zero-order valence-corrected chi connectivity index (χ0v) is 18.8. The monoisotopic (exact) mass is 469 g/mol. The summed E-state index contributed by atoms with van der Waals surface area (Å²) in [5.41, 5.74) is 2.11. The Kier molecular flexibility index (Phi) is 5.70. The fraction of sp³-hybridized carbons (Fsp3) is 0.148. The predicted octanol–water partition coefficient (Wildman–Crippen LogP) is 2.59. The summed E-state index contributed by atoms with van der Waals surface area (Å²) in [4.78, 5) is 39.7. The maximum absolute atomic E-state index is 12.5. The fourth-order valence-corrected chi connectivity index (χ4v) is 4.31. The van der Waals surface area contributed by atoms with Gasteiger partial charge in [0.25, 0.3) is 5.91 Å². The van der Waals surface area contributed by atoms with Crippen LogP contribution < -0.4 is 20.8 Å². The molecule has 8 heteroatoms. The summed E-state index contributed by atoms with van der Waals surface area (Å²) in [5.74, 6) is -1.65. The van der Waals surface area contributed by atoms with Crippen molar-refractivity contribution < 1.29 is 23.8 Å². The highest BCUT2D eigenvalue weighted by Gasteiger charge is 2.18. The van der Waals surface area contributed by atoms with Crippen LogP contribution in [0.5, 0.6) is 5.75 Å². The van der Waals surface area contributed by atoms with Crippen LogP contribution in [-0.2, 0) is 16.0 Å². The Morgan fingerprint density at radius 2 is 1.71 bits per heavy atom. The van der Waals surface area contributed by atoms with Crippen LogP contribution in [0.25, 0.3) is 32.6 Å². The van der Waals surface area contributed by atoms with Crippen molar-refractivity contribution in [1.82, 2.24) is 10.3 Å². The number of aromatic nitrogens is 1. The van der Waals surface area contributed by atoms with Crippen LogP contribution in [0, 0.1) is 6.92 Å². The number of hydrogen-bond donors (Lipinski definition) is 2.